The number of pyridine rings is 10. The largest absolute Gasteiger partial charge is 0.264 e. The van der Waals surface area contributed by atoms with Gasteiger partial charge in [0.15, 0.2) is 52.4 Å². The van der Waals surface area contributed by atoms with Crippen LogP contribution < -0.4 is 0 Å². The molecule has 0 spiro atoms. The number of rotatable bonds is 12. The van der Waals surface area contributed by atoms with Crippen molar-refractivity contribution in [2.75, 3.05) is 0 Å². The Hall–Kier alpha value is -20.3. The van der Waals surface area contributed by atoms with E-state index in [0.29, 0.717) is 63.8 Å². The lowest BCUT2D eigenvalue weighted by atomic mass is 9.93. The van der Waals surface area contributed by atoms with Crippen LogP contribution >= 0.6 is 0 Å². The predicted molar refractivity (Wildman–Crippen MR) is 588 cm³/mol. The molecule has 0 unspecified atom stereocenters. The summed E-state index contributed by atoms with van der Waals surface area (Å²) >= 11 is 0. The number of aromatic nitrogens is 19. The summed E-state index contributed by atoms with van der Waals surface area (Å²) in [6.45, 7) is 0. The number of hydrogen-bond donors (Lipinski definition) is 0. The highest BCUT2D eigenvalue weighted by atomic mass is 15.1. The fourth-order valence-corrected chi connectivity index (χ4v) is 20.5. The normalized spacial score (nSPS) is 11.6. The topological polar surface area (TPSA) is 245 Å². The minimum absolute atomic E-state index is 0.474. The van der Waals surface area contributed by atoms with E-state index in [4.69, 9.17) is 74.8 Å². The van der Waals surface area contributed by atoms with Gasteiger partial charge in [-0.3, -0.25) is 34.9 Å². The van der Waals surface area contributed by atoms with Crippen LogP contribution in [0.2, 0.25) is 0 Å². The average Bonchev–Trinajstić information content (AvgIpc) is 0.734. The second-order valence-electron chi connectivity index (χ2n) is 35.6. The van der Waals surface area contributed by atoms with Crippen LogP contribution in [-0.4, -0.2) is 94.7 Å². The van der Waals surface area contributed by atoms with Gasteiger partial charge in [-0.05, 0) is 175 Å². The molecule has 146 heavy (non-hydrogen) atoms. The average molecular weight is 1870 g/mol. The molecular formula is C127H75N19. The van der Waals surface area contributed by atoms with E-state index in [-0.39, 0.29) is 0 Å². The van der Waals surface area contributed by atoms with Crippen LogP contribution in [0.25, 0.3) is 288 Å². The SMILES string of the molecule is c1ccc(-c2nc(-c3ccccn3)nc(-c3ccc(-c4nc5ccccc5c5c4ccc4ccccc45)c4ncccc34)n2)nc1.c1ccc2c(-c3nc(-c4cccc5ccccc45)nc(-c4ccc(-c5nc6ccccc6c6c5ccc5ccccc56)c5ncccc45)n3)cccc2c1.c1cncc(-c2nc(-c3cccnc3)nc(-c3ccc(-c4nc5ccccc5c5c4ccc4ccccc45)c4ncccc34)n2)c1. The molecule has 13 aromatic heterocycles. The summed E-state index contributed by atoms with van der Waals surface area (Å²) < 4.78 is 0. The van der Waals surface area contributed by atoms with Crippen molar-refractivity contribution in [2.45, 2.75) is 0 Å². The summed E-state index contributed by atoms with van der Waals surface area (Å²) in [5.74, 6) is 4.90. The van der Waals surface area contributed by atoms with E-state index >= 15 is 0 Å². The summed E-state index contributed by atoms with van der Waals surface area (Å²) in [5, 5.41) is 24.6. The number of hydrogen-bond acceptors (Lipinski definition) is 19. The highest BCUT2D eigenvalue weighted by molar-refractivity contribution is 6.27. The zero-order chi connectivity index (χ0) is 96.5. The third-order valence-electron chi connectivity index (χ3n) is 27.2. The molecule has 29 rings (SSSR count). The highest BCUT2D eigenvalue weighted by Crippen LogP contribution is 2.47. The molecule has 0 aliphatic heterocycles. The quantitative estimate of drug-likeness (QED) is 0.103. The van der Waals surface area contributed by atoms with E-state index in [1.165, 1.54) is 48.5 Å². The summed E-state index contributed by atoms with van der Waals surface area (Å²) in [6.07, 6.45) is 16.0. The van der Waals surface area contributed by atoms with Gasteiger partial charge >= 0.3 is 0 Å². The van der Waals surface area contributed by atoms with Crippen LogP contribution in [0.5, 0.6) is 0 Å². The van der Waals surface area contributed by atoms with Crippen LogP contribution in [0.3, 0.4) is 0 Å². The predicted octanol–water partition coefficient (Wildman–Crippen LogP) is 29.7. The van der Waals surface area contributed by atoms with Crippen molar-refractivity contribution in [1.82, 2.24) is 94.7 Å². The van der Waals surface area contributed by atoms with Crippen LogP contribution in [0.15, 0.2) is 456 Å². The first-order valence-electron chi connectivity index (χ1n) is 48.1. The standard InChI is InChI=1S/C49H29N5.2C39H23N7/c1-4-17-33-30(12-1)15-9-21-37(33)47-52-48(38-22-10-16-31-13-2-5-18-34(31)38)54-49(53-47)39-27-28-42(45-36(39)23-11-29-50-45)46-41-26-25-32-14-3-6-19-35(32)44(41)40-20-7-8-24-43(40)51-46;1-2-11-27-24(8-1)15-16-31-34(27)30-12-3-4-14-33(30)43-36(31)32-18-17-29(28-13-7-21-42-35(28)32)39-45-37(25-9-5-19-40-22-25)44-38(46-39)26-10-6-20-41-23-26;1-2-11-25-24(10-1)17-18-29-34(25)28-12-3-4-14-31(28)43-36(29)30-20-19-27(26-13-9-23-42-35(26)30)37-44-38(32-15-5-7-21-40-32)46-39(45-37)33-16-6-8-22-41-33/h1-29H;2*1-23H. The van der Waals surface area contributed by atoms with E-state index in [9.17, 15) is 0 Å². The molecule has 0 fully saturated rings. The van der Waals surface area contributed by atoms with Crippen LogP contribution in [0.4, 0.5) is 0 Å². The Kier molecular flexibility index (Phi) is 21.0. The minimum Gasteiger partial charge on any atom is -0.264 e. The van der Waals surface area contributed by atoms with Crippen molar-refractivity contribution in [2.24, 2.45) is 0 Å². The van der Waals surface area contributed by atoms with E-state index in [2.05, 4.69) is 329 Å². The van der Waals surface area contributed by atoms with E-state index < -0.39 is 0 Å². The van der Waals surface area contributed by atoms with Crippen molar-refractivity contribution < 1.29 is 0 Å². The summed E-state index contributed by atoms with van der Waals surface area (Å²) in [4.78, 5) is 93.3. The van der Waals surface area contributed by atoms with Gasteiger partial charge < -0.3 is 0 Å². The number of nitrogens with zero attached hydrogens (tertiary/aromatic N) is 19. The first-order valence-corrected chi connectivity index (χ1v) is 48.1. The maximum absolute atomic E-state index is 5.32. The van der Waals surface area contributed by atoms with Crippen LogP contribution in [0.1, 0.15) is 0 Å². The maximum atomic E-state index is 5.32. The van der Waals surface area contributed by atoms with E-state index in [0.717, 1.165) is 176 Å². The molecule has 0 N–H and O–H groups in total. The number of benzene rings is 16. The van der Waals surface area contributed by atoms with Gasteiger partial charge in [-0.2, -0.15) is 0 Å². The van der Waals surface area contributed by atoms with Gasteiger partial charge in [-0.1, -0.05) is 279 Å². The Bertz CT molecular complexity index is 9690. The van der Waals surface area contributed by atoms with E-state index in [1.807, 2.05) is 110 Å². The van der Waals surface area contributed by atoms with Crippen molar-refractivity contribution >= 4 is 152 Å². The molecule has 0 radical (unpaired) electrons. The molecule has 16 aromatic carbocycles. The number of para-hydroxylation sites is 3. The van der Waals surface area contributed by atoms with E-state index in [1.54, 1.807) is 37.2 Å². The van der Waals surface area contributed by atoms with Gasteiger partial charge in [0.05, 0.1) is 50.2 Å². The molecule has 0 saturated carbocycles. The van der Waals surface area contributed by atoms with Crippen molar-refractivity contribution in [3.63, 3.8) is 0 Å². The van der Waals surface area contributed by atoms with Gasteiger partial charge in [0.2, 0.25) is 0 Å². The van der Waals surface area contributed by atoms with Gasteiger partial charge in [0.1, 0.15) is 11.4 Å². The molecule has 0 bridgehead atoms. The Morgan fingerprint density at radius 1 is 0.137 bits per heavy atom. The highest BCUT2D eigenvalue weighted by Gasteiger charge is 2.27. The molecule has 678 valence electrons. The van der Waals surface area contributed by atoms with Crippen molar-refractivity contribution in [1.29, 1.82) is 0 Å². The Balaban J connectivity index is 0.000000109. The molecule has 0 aliphatic rings. The van der Waals surface area contributed by atoms with Gasteiger partial charge in [0.25, 0.3) is 0 Å². The van der Waals surface area contributed by atoms with Gasteiger partial charge in [0, 0.05) is 176 Å². The molecule has 0 aliphatic carbocycles. The Morgan fingerprint density at radius 2 is 0.397 bits per heavy atom. The molecular weight excluding hydrogens is 1790 g/mol. The van der Waals surface area contributed by atoms with Gasteiger partial charge in [-0.25, -0.2) is 59.8 Å². The molecule has 0 atom stereocenters. The maximum Gasteiger partial charge on any atom is 0.182 e. The molecule has 0 saturated heterocycles. The lowest BCUT2D eigenvalue weighted by molar-refractivity contribution is 1.05. The van der Waals surface area contributed by atoms with Crippen molar-refractivity contribution in [3.05, 3.63) is 456 Å². The Morgan fingerprint density at radius 3 is 0.740 bits per heavy atom. The molecule has 19 heteroatoms. The zero-order valence-corrected chi connectivity index (χ0v) is 77.8. The number of fused-ring (bicyclic) bond motifs is 20. The third kappa shape index (κ3) is 15.1. The lowest BCUT2D eigenvalue weighted by Gasteiger charge is -2.15. The van der Waals surface area contributed by atoms with Crippen molar-refractivity contribution in [3.8, 4) is 137 Å². The third-order valence-corrected chi connectivity index (χ3v) is 27.2. The lowest BCUT2D eigenvalue weighted by Crippen LogP contribution is -2.02. The smallest absolute Gasteiger partial charge is 0.182 e. The fraction of sp³-hybridized carbons (Fsp3) is 0. The summed E-state index contributed by atoms with van der Waals surface area (Å²) in [7, 11) is 0. The second-order valence-corrected chi connectivity index (χ2v) is 35.6. The minimum atomic E-state index is 0.474. The molecule has 29 aromatic rings. The molecule has 13 heterocycles. The summed E-state index contributed by atoms with van der Waals surface area (Å²) in [6, 6.07) is 137. The first kappa shape index (κ1) is 84.9. The zero-order valence-electron chi connectivity index (χ0n) is 77.8. The first-order chi connectivity index (χ1) is 72.4. The van der Waals surface area contributed by atoms with Crippen LogP contribution in [-0.2, 0) is 0 Å². The Labute approximate surface area is 833 Å². The van der Waals surface area contributed by atoms with Gasteiger partial charge in [-0.15, -0.1) is 0 Å². The monoisotopic (exact) mass is 1870 g/mol. The molecule has 0 amide bonds. The second kappa shape index (κ2) is 36.2. The van der Waals surface area contributed by atoms with Crippen LogP contribution in [0, 0.1) is 0 Å². The molecule has 19 nitrogen and oxygen atoms in total. The fourth-order valence-electron chi connectivity index (χ4n) is 20.5. The summed E-state index contributed by atoms with van der Waals surface area (Å²) in [5.41, 5.74) is 18.2.